The summed E-state index contributed by atoms with van der Waals surface area (Å²) in [5.41, 5.74) is 0.988. The normalized spacial score (nSPS) is 17.9. The van der Waals surface area contributed by atoms with Gasteiger partial charge in [0.15, 0.2) is 11.5 Å². The standard InChI is InChI=1S/C13H15ClO3/c1-8(4-5-15)9-6-10(14)12-11(7-9)16-13(2,3)17-12/h5-8H,4H2,1-3H3. The van der Waals surface area contributed by atoms with Crippen molar-refractivity contribution in [2.45, 2.75) is 38.9 Å². The van der Waals surface area contributed by atoms with Crippen LogP contribution >= 0.6 is 11.6 Å². The monoisotopic (exact) mass is 254 g/mol. The SMILES string of the molecule is CC(CC=O)c1cc(Cl)c2c(c1)OC(C)(C)O2. The van der Waals surface area contributed by atoms with Gasteiger partial charge in [-0.1, -0.05) is 18.5 Å². The molecule has 1 aliphatic rings. The highest BCUT2D eigenvalue weighted by atomic mass is 35.5. The van der Waals surface area contributed by atoms with Crippen LogP contribution in [0.2, 0.25) is 5.02 Å². The summed E-state index contributed by atoms with van der Waals surface area (Å²) in [6, 6.07) is 3.73. The van der Waals surface area contributed by atoms with Crippen molar-refractivity contribution in [3.05, 3.63) is 22.7 Å². The van der Waals surface area contributed by atoms with E-state index in [1.807, 2.05) is 32.9 Å². The number of rotatable bonds is 3. The Morgan fingerprint density at radius 1 is 1.41 bits per heavy atom. The first-order valence-electron chi connectivity index (χ1n) is 5.58. The maximum atomic E-state index is 10.5. The molecule has 1 aromatic carbocycles. The molecular weight excluding hydrogens is 240 g/mol. The van der Waals surface area contributed by atoms with Gasteiger partial charge in [-0.25, -0.2) is 0 Å². The fraction of sp³-hybridized carbons (Fsp3) is 0.462. The summed E-state index contributed by atoms with van der Waals surface area (Å²) in [6.07, 6.45) is 1.38. The van der Waals surface area contributed by atoms with Crippen molar-refractivity contribution in [1.29, 1.82) is 0 Å². The second-order valence-corrected chi connectivity index (χ2v) is 5.14. The molecule has 0 fully saturated rings. The number of ether oxygens (including phenoxy) is 2. The molecule has 1 aromatic rings. The minimum Gasteiger partial charge on any atom is -0.449 e. The summed E-state index contributed by atoms with van der Waals surface area (Å²) < 4.78 is 11.2. The zero-order valence-corrected chi connectivity index (χ0v) is 10.9. The van der Waals surface area contributed by atoms with Gasteiger partial charge in [-0.05, 0) is 23.6 Å². The van der Waals surface area contributed by atoms with Gasteiger partial charge in [0.05, 0.1) is 5.02 Å². The van der Waals surface area contributed by atoms with Crippen LogP contribution in [0.3, 0.4) is 0 Å². The number of aldehydes is 1. The second-order valence-electron chi connectivity index (χ2n) is 4.74. The predicted molar refractivity (Wildman–Crippen MR) is 65.9 cm³/mol. The molecule has 2 rings (SSSR count). The highest BCUT2D eigenvalue weighted by Crippen LogP contribution is 2.46. The van der Waals surface area contributed by atoms with Gasteiger partial charge < -0.3 is 14.3 Å². The Kier molecular flexibility index (Phi) is 3.04. The topological polar surface area (TPSA) is 35.5 Å². The molecule has 0 saturated heterocycles. The van der Waals surface area contributed by atoms with Crippen molar-refractivity contribution in [2.24, 2.45) is 0 Å². The van der Waals surface area contributed by atoms with Crippen molar-refractivity contribution >= 4 is 17.9 Å². The van der Waals surface area contributed by atoms with Crippen molar-refractivity contribution in [3.63, 3.8) is 0 Å². The Labute approximate surface area is 106 Å². The summed E-state index contributed by atoms with van der Waals surface area (Å²) in [5, 5.41) is 0.529. The van der Waals surface area contributed by atoms with E-state index in [2.05, 4.69) is 0 Å². The van der Waals surface area contributed by atoms with Crippen LogP contribution in [0.25, 0.3) is 0 Å². The molecule has 17 heavy (non-hydrogen) atoms. The molecule has 3 nitrogen and oxygen atoms in total. The number of hydrogen-bond donors (Lipinski definition) is 0. The highest BCUT2D eigenvalue weighted by Gasteiger charge is 2.34. The van der Waals surface area contributed by atoms with Crippen molar-refractivity contribution in [3.8, 4) is 11.5 Å². The Hall–Kier alpha value is -1.22. The van der Waals surface area contributed by atoms with E-state index >= 15 is 0 Å². The number of benzene rings is 1. The Bertz CT molecular complexity index is 454. The summed E-state index contributed by atoms with van der Waals surface area (Å²) in [6.45, 7) is 5.64. The molecule has 0 spiro atoms. The number of carbonyl (C=O) groups excluding carboxylic acids is 1. The molecule has 0 radical (unpaired) electrons. The number of hydrogen-bond acceptors (Lipinski definition) is 3. The van der Waals surface area contributed by atoms with Crippen LogP contribution in [0, 0.1) is 0 Å². The average molecular weight is 255 g/mol. The van der Waals surface area contributed by atoms with E-state index in [4.69, 9.17) is 21.1 Å². The van der Waals surface area contributed by atoms with Crippen LogP contribution in [0.15, 0.2) is 12.1 Å². The van der Waals surface area contributed by atoms with Crippen molar-refractivity contribution in [2.75, 3.05) is 0 Å². The van der Waals surface area contributed by atoms with Crippen molar-refractivity contribution < 1.29 is 14.3 Å². The van der Waals surface area contributed by atoms with Crippen LogP contribution in [-0.2, 0) is 4.79 Å². The van der Waals surface area contributed by atoms with Crippen LogP contribution in [0.5, 0.6) is 11.5 Å². The smallest absolute Gasteiger partial charge is 0.246 e. The summed E-state index contributed by atoms with van der Waals surface area (Å²) in [5.74, 6) is 0.676. The fourth-order valence-electron chi connectivity index (χ4n) is 1.86. The lowest BCUT2D eigenvalue weighted by molar-refractivity contribution is -0.108. The van der Waals surface area contributed by atoms with Gasteiger partial charge in [-0.3, -0.25) is 0 Å². The predicted octanol–water partition coefficient (Wildman–Crippen LogP) is 3.54. The van der Waals surface area contributed by atoms with Crippen LogP contribution < -0.4 is 9.47 Å². The summed E-state index contributed by atoms with van der Waals surface area (Å²) in [7, 11) is 0. The Morgan fingerprint density at radius 3 is 2.76 bits per heavy atom. The van der Waals surface area contributed by atoms with Crippen LogP contribution in [0.1, 0.15) is 38.7 Å². The van der Waals surface area contributed by atoms with E-state index in [1.165, 1.54) is 0 Å². The lowest BCUT2D eigenvalue weighted by atomic mass is 9.98. The van der Waals surface area contributed by atoms with E-state index in [1.54, 1.807) is 0 Å². The second kappa shape index (κ2) is 4.22. The molecule has 92 valence electrons. The third-order valence-corrected chi connectivity index (χ3v) is 3.04. The van der Waals surface area contributed by atoms with Gasteiger partial charge in [0, 0.05) is 20.3 Å². The fourth-order valence-corrected chi connectivity index (χ4v) is 2.12. The molecule has 1 heterocycles. The molecule has 1 atom stereocenters. The van der Waals surface area contributed by atoms with Gasteiger partial charge >= 0.3 is 0 Å². The first kappa shape index (κ1) is 12.2. The molecule has 0 aromatic heterocycles. The van der Waals surface area contributed by atoms with Gasteiger partial charge in [-0.15, -0.1) is 0 Å². The molecule has 0 bridgehead atoms. The van der Waals surface area contributed by atoms with E-state index in [-0.39, 0.29) is 5.92 Å². The average Bonchev–Trinajstić information content (AvgIpc) is 2.53. The third-order valence-electron chi connectivity index (χ3n) is 2.75. The van der Waals surface area contributed by atoms with Gasteiger partial charge in [0.2, 0.25) is 5.79 Å². The lowest BCUT2D eigenvalue weighted by Gasteiger charge is -2.16. The highest BCUT2D eigenvalue weighted by molar-refractivity contribution is 6.32. The lowest BCUT2D eigenvalue weighted by Crippen LogP contribution is -2.29. The first-order valence-corrected chi connectivity index (χ1v) is 5.96. The van der Waals surface area contributed by atoms with Gasteiger partial charge in [0.1, 0.15) is 6.29 Å². The van der Waals surface area contributed by atoms with Crippen molar-refractivity contribution in [1.82, 2.24) is 0 Å². The maximum Gasteiger partial charge on any atom is 0.246 e. The quantitative estimate of drug-likeness (QED) is 0.774. The molecular formula is C13H15ClO3. The summed E-state index contributed by atoms with van der Waals surface area (Å²) >= 11 is 6.15. The Morgan fingerprint density at radius 2 is 2.12 bits per heavy atom. The first-order chi connectivity index (χ1) is 7.93. The van der Waals surface area contributed by atoms with E-state index in [9.17, 15) is 4.79 Å². The zero-order chi connectivity index (χ0) is 12.6. The largest absolute Gasteiger partial charge is 0.449 e. The molecule has 1 aliphatic heterocycles. The minimum absolute atomic E-state index is 0.127. The zero-order valence-electron chi connectivity index (χ0n) is 10.1. The minimum atomic E-state index is -0.682. The molecule has 1 unspecified atom stereocenters. The molecule has 0 N–H and O–H groups in total. The molecule has 0 amide bonds. The van der Waals surface area contributed by atoms with E-state index in [0.717, 1.165) is 11.8 Å². The van der Waals surface area contributed by atoms with Gasteiger partial charge in [-0.2, -0.15) is 0 Å². The summed E-state index contributed by atoms with van der Waals surface area (Å²) in [4.78, 5) is 10.5. The number of fused-ring (bicyclic) bond motifs is 1. The number of carbonyl (C=O) groups is 1. The molecule has 0 saturated carbocycles. The molecule has 0 aliphatic carbocycles. The third kappa shape index (κ3) is 2.39. The van der Waals surface area contributed by atoms with E-state index < -0.39 is 5.79 Å². The van der Waals surface area contributed by atoms with Crippen LogP contribution in [-0.4, -0.2) is 12.1 Å². The Balaban J connectivity index is 2.36. The van der Waals surface area contributed by atoms with E-state index in [0.29, 0.717) is 22.9 Å². The molecule has 4 heteroatoms. The van der Waals surface area contributed by atoms with Gasteiger partial charge in [0.25, 0.3) is 0 Å². The number of halogens is 1. The maximum absolute atomic E-state index is 10.5. The van der Waals surface area contributed by atoms with Crippen LogP contribution in [0.4, 0.5) is 0 Å².